The highest BCUT2D eigenvalue weighted by atomic mass is 35.5. The summed E-state index contributed by atoms with van der Waals surface area (Å²) >= 11 is 0. The van der Waals surface area contributed by atoms with Gasteiger partial charge in [-0.25, -0.2) is 0 Å². The van der Waals surface area contributed by atoms with Crippen LogP contribution in [0.2, 0.25) is 0 Å². The van der Waals surface area contributed by atoms with Crippen molar-refractivity contribution in [2.45, 2.75) is 38.2 Å². The molecule has 2 heterocycles. The highest BCUT2D eigenvalue weighted by Gasteiger charge is 2.37. The van der Waals surface area contributed by atoms with E-state index in [9.17, 15) is 0 Å². The zero-order valence-electron chi connectivity index (χ0n) is 10.3. The molecule has 1 saturated heterocycles. The van der Waals surface area contributed by atoms with Gasteiger partial charge in [0.25, 0.3) is 0 Å². The van der Waals surface area contributed by atoms with Gasteiger partial charge in [0.05, 0.1) is 0 Å². The summed E-state index contributed by atoms with van der Waals surface area (Å²) in [6, 6.07) is 6.42. The first-order valence-corrected chi connectivity index (χ1v) is 6.27. The summed E-state index contributed by atoms with van der Waals surface area (Å²) in [6.45, 7) is 4.38. The molecular formula is C14H20ClNO. The summed E-state index contributed by atoms with van der Waals surface area (Å²) in [5, 5.41) is 3.41. The monoisotopic (exact) mass is 253 g/mol. The molecule has 1 fully saturated rings. The third-order valence-corrected chi connectivity index (χ3v) is 4.04. The van der Waals surface area contributed by atoms with E-state index in [1.807, 2.05) is 0 Å². The molecule has 1 spiro atoms. The van der Waals surface area contributed by atoms with E-state index in [1.165, 1.54) is 24.0 Å². The number of benzene rings is 1. The van der Waals surface area contributed by atoms with Gasteiger partial charge in [-0.3, -0.25) is 0 Å². The number of nitrogens with one attached hydrogen (secondary N) is 1. The van der Waals surface area contributed by atoms with Crippen molar-refractivity contribution in [2.75, 3.05) is 13.1 Å². The third kappa shape index (κ3) is 2.29. The fraction of sp³-hybridized carbons (Fsp3) is 0.571. The minimum atomic E-state index is 0. The van der Waals surface area contributed by atoms with Crippen LogP contribution in [0.5, 0.6) is 5.75 Å². The number of fused-ring (bicyclic) bond motifs is 1. The van der Waals surface area contributed by atoms with Crippen LogP contribution >= 0.6 is 12.4 Å². The lowest BCUT2D eigenvalue weighted by Crippen LogP contribution is -2.48. The molecule has 0 bridgehead atoms. The second kappa shape index (κ2) is 4.87. The Morgan fingerprint density at radius 1 is 1.18 bits per heavy atom. The number of rotatable bonds is 0. The predicted octanol–water partition coefficient (Wildman–Crippen LogP) is 2.86. The Labute approximate surface area is 109 Å². The van der Waals surface area contributed by atoms with Crippen molar-refractivity contribution in [3.63, 3.8) is 0 Å². The summed E-state index contributed by atoms with van der Waals surface area (Å²) in [7, 11) is 0. The maximum atomic E-state index is 6.30. The SMILES string of the molecule is Cc1cccc2c1CCC1(CCNCC1)O2.Cl. The molecule has 3 heteroatoms. The first kappa shape index (κ1) is 12.7. The molecule has 1 aromatic carbocycles. The van der Waals surface area contributed by atoms with Gasteiger partial charge >= 0.3 is 0 Å². The molecule has 0 saturated carbocycles. The molecule has 0 aliphatic carbocycles. The first-order valence-electron chi connectivity index (χ1n) is 6.27. The van der Waals surface area contributed by atoms with Gasteiger partial charge in [-0.05, 0) is 62.9 Å². The maximum absolute atomic E-state index is 6.30. The molecule has 1 N–H and O–H groups in total. The van der Waals surface area contributed by atoms with Gasteiger partial charge in [0.15, 0.2) is 0 Å². The molecular weight excluding hydrogens is 234 g/mol. The van der Waals surface area contributed by atoms with Crippen LogP contribution < -0.4 is 10.1 Å². The number of halogens is 1. The Hall–Kier alpha value is -0.730. The maximum Gasteiger partial charge on any atom is 0.123 e. The largest absolute Gasteiger partial charge is 0.487 e. The molecule has 0 amide bonds. The molecule has 0 unspecified atom stereocenters. The summed E-state index contributed by atoms with van der Waals surface area (Å²) in [6.07, 6.45) is 4.68. The normalized spacial score (nSPS) is 21.2. The molecule has 3 rings (SSSR count). The van der Waals surface area contributed by atoms with E-state index in [4.69, 9.17) is 4.74 Å². The van der Waals surface area contributed by atoms with Gasteiger partial charge in [0, 0.05) is 0 Å². The molecule has 0 aromatic heterocycles. The summed E-state index contributed by atoms with van der Waals surface area (Å²) < 4.78 is 6.30. The lowest BCUT2D eigenvalue weighted by Gasteiger charge is -2.42. The van der Waals surface area contributed by atoms with Crippen molar-refractivity contribution in [1.29, 1.82) is 0 Å². The van der Waals surface area contributed by atoms with Crippen molar-refractivity contribution in [1.82, 2.24) is 5.32 Å². The van der Waals surface area contributed by atoms with Crippen molar-refractivity contribution >= 4 is 12.4 Å². The van der Waals surface area contributed by atoms with E-state index in [2.05, 4.69) is 30.4 Å². The Morgan fingerprint density at radius 3 is 2.71 bits per heavy atom. The minimum absolute atomic E-state index is 0. The van der Waals surface area contributed by atoms with Crippen molar-refractivity contribution in [3.8, 4) is 5.75 Å². The van der Waals surface area contributed by atoms with E-state index < -0.39 is 0 Å². The Kier molecular flexibility index (Phi) is 3.64. The van der Waals surface area contributed by atoms with Crippen LogP contribution in [0.4, 0.5) is 0 Å². The van der Waals surface area contributed by atoms with Crippen molar-refractivity contribution < 1.29 is 4.74 Å². The van der Waals surface area contributed by atoms with Gasteiger partial charge in [0.2, 0.25) is 0 Å². The number of hydrogen-bond acceptors (Lipinski definition) is 2. The molecule has 94 valence electrons. The Balaban J connectivity index is 0.00000108. The van der Waals surface area contributed by atoms with Crippen molar-refractivity contribution in [3.05, 3.63) is 29.3 Å². The molecule has 2 aliphatic rings. The van der Waals surface area contributed by atoms with Gasteiger partial charge in [0.1, 0.15) is 11.4 Å². The summed E-state index contributed by atoms with van der Waals surface area (Å²) in [5.74, 6) is 1.13. The van der Waals surface area contributed by atoms with Gasteiger partial charge in [-0.2, -0.15) is 0 Å². The van der Waals surface area contributed by atoms with Gasteiger partial charge < -0.3 is 10.1 Å². The summed E-state index contributed by atoms with van der Waals surface area (Å²) in [5.41, 5.74) is 2.93. The zero-order chi connectivity index (χ0) is 11.0. The van der Waals surface area contributed by atoms with Crippen LogP contribution in [-0.4, -0.2) is 18.7 Å². The summed E-state index contributed by atoms with van der Waals surface area (Å²) in [4.78, 5) is 0. The topological polar surface area (TPSA) is 21.3 Å². The first-order chi connectivity index (χ1) is 7.79. The molecule has 2 aliphatic heterocycles. The van der Waals surface area contributed by atoms with Crippen LogP contribution in [0.25, 0.3) is 0 Å². The van der Waals surface area contributed by atoms with Gasteiger partial charge in [-0.15, -0.1) is 12.4 Å². The van der Waals surface area contributed by atoms with E-state index in [-0.39, 0.29) is 18.0 Å². The average molecular weight is 254 g/mol. The number of piperidine rings is 1. The standard InChI is InChI=1S/C14H19NO.ClH/c1-11-3-2-4-13-12(11)5-6-14(16-13)7-9-15-10-8-14;/h2-4,15H,5-10H2,1H3;1H. The van der Waals surface area contributed by atoms with Crippen molar-refractivity contribution in [2.24, 2.45) is 0 Å². The number of ether oxygens (including phenoxy) is 1. The van der Waals surface area contributed by atoms with E-state index >= 15 is 0 Å². The van der Waals surface area contributed by atoms with E-state index in [0.717, 1.165) is 31.7 Å². The highest BCUT2D eigenvalue weighted by molar-refractivity contribution is 5.85. The Morgan fingerprint density at radius 2 is 1.94 bits per heavy atom. The smallest absolute Gasteiger partial charge is 0.123 e. The molecule has 0 radical (unpaired) electrons. The number of aryl methyl sites for hydroxylation is 1. The lowest BCUT2D eigenvalue weighted by molar-refractivity contribution is 0.0168. The lowest BCUT2D eigenvalue weighted by atomic mass is 9.83. The van der Waals surface area contributed by atoms with E-state index in [0.29, 0.717) is 0 Å². The average Bonchev–Trinajstić information content (AvgIpc) is 2.30. The van der Waals surface area contributed by atoms with Crippen LogP contribution in [0.15, 0.2) is 18.2 Å². The third-order valence-electron chi connectivity index (χ3n) is 4.04. The predicted molar refractivity (Wildman–Crippen MR) is 72.2 cm³/mol. The fourth-order valence-corrected chi connectivity index (χ4v) is 2.96. The molecule has 0 atom stereocenters. The van der Waals surface area contributed by atoms with Crippen LogP contribution in [-0.2, 0) is 6.42 Å². The van der Waals surface area contributed by atoms with Crippen LogP contribution in [0.1, 0.15) is 30.4 Å². The Bertz CT molecular complexity index is 399. The quantitative estimate of drug-likeness (QED) is 0.768. The minimum Gasteiger partial charge on any atom is -0.487 e. The second-order valence-electron chi connectivity index (χ2n) is 5.09. The molecule has 1 aromatic rings. The van der Waals surface area contributed by atoms with Gasteiger partial charge in [-0.1, -0.05) is 12.1 Å². The molecule has 17 heavy (non-hydrogen) atoms. The molecule has 2 nitrogen and oxygen atoms in total. The second-order valence-corrected chi connectivity index (χ2v) is 5.09. The van der Waals surface area contributed by atoms with E-state index in [1.54, 1.807) is 0 Å². The van der Waals surface area contributed by atoms with Crippen LogP contribution in [0, 0.1) is 6.92 Å². The zero-order valence-corrected chi connectivity index (χ0v) is 11.1. The highest BCUT2D eigenvalue weighted by Crippen LogP contribution is 2.39. The fourth-order valence-electron chi connectivity index (χ4n) is 2.96. The number of hydrogen-bond donors (Lipinski definition) is 1. The van der Waals surface area contributed by atoms with Crippen LogP contribution in [0.3, 0.4) is 0 Å².